The van der Waals surface area contributed by atoms with Crippen molar-refractivity contribution < 1.29 is 9.53 Å². The van der Waals surface area contributed by atoms with Gasteiger partial charge in [-0.2, -0.15) is 5.10 Å². The highest BCUT2D eigenvalue weighted by Crippen LogP contribution is 2.25. The fourth-order valence-corrected chi connectivity index (χ4v) is 2.97. The first-order chi connectivity index (χ1) is 13.5. The molecular weight excluding hydrogens is 348 g/mol. The molecule has 0 aromatic heterocycles. The Labute approximate surface area is 166 Å². The van der Waals surface area contributed by atoms with E-state index in [0.29, 0.717) is 5.92 Å². The lowest BCUT2D eigenvalue weighted by atomic mass is 10.0. The minimum absolute atomic E-state index is 0.286. The van der Waals surface area contributed by atoms with Crippen LogP contribution in [0.4, 0.5) is 0 Å². The Morgan fingerprint density at radius 1 is 1.04 bits per heavy atom. The van der Waals surface area contributed by atoms with Gasteiger partial charge in [-0.1, -0.05) is 68.4 Å². The van der Waals surface area contributed by atoms with Gasteiger partial charge >= 0.3 is 0 Å². The van der Waals surface area contributed by atoms with Gasteiger partial charge in [-0.3, -0.25) is 4.79 Å². The molecule has 4 nitrogen and oxygen atoms in total. The van der Waals surface area contributed by atoms with E-state index in [2.05, 4.69) is 42.6 Å². The summed E-state index contributed by atoms with van der Waals surface area (Å²) in [6.45, 7) is 7.96. The van der Waals surface area contributed by atoms with E-state index < -0.39 is 6.10 Å². The summed E-state index contributed by atoms with van der Waals surface area (Å²) in [5, 5.41) is 6.34. The molecule has 0 spiro atoms. The zero-order valence-electron chi connectivity index (χ0n) is 16.8. The first-order valence-electron chi connectivity index (χ1n) is 9.53. The van der Waals surface area contributed by atoms with Gasteiger partial charge in [-0.05, 0) is 47.7 Å². The molecule has 1 N–H and O–H groups in total. The van der Waals surface area contributed by atoms with Gasteiger partial charge in [0.25, 0.3) is 5.91 Å². The lowest BCUT2D eigenvalue weighted by Gasteiger charge is -2.16. The van der Waals surface area contributed by atoms with Gasteiger partial charge < -0.3 is 4.74 Å². The average molecular weight is 374 g/mol. The number of fused-ring (bicyclic) bond motifs is 1. The van der Waals surface area contributed by atoms with Crippen LogP contribution in [0.25, 0.3) is 10.8 Å². The Morgan fingerprint density at radius 3 is 2.57 bits per heavy atom. The maximum Gasteiger partial charge on any atom is 0.280 e. The highest BCUT2D eigenvalue weighted by atomic mass is 16.5. The largest absolute Gasteiger partial charge is 0.481 e. The summed E-state index contributed by atoms with van der Waals surface area (Å²) in [6, 6.07) is 20.2. The molecule has 144 valence electrons. The van der Waals surface area contributed by atoms with E-state index in [4.69, 9.17) is 4.74 Å². The van der Waals surface area contributed by atoms with Crippen LogP contribution >= 0.6 is 0 Å². The van der Waals surface area contributed by atoms with Crippen molar-refractivity contribution in [3.8, 4) is 5.75 Å². The number of hydrazone groups is 1. The fraction of sp³-hybridized carbons (Fsp3) is 0.250. The summed E-state index contributed by atoms with van der Waals surface area (Å²) in [5.41, 5.74) is 5.72. The number of carbonyl (C=O) groups excluding carboxylic acids is 1. The predicted molar refractivity (Wildman–Crippen MR) is 115 cm³/mol. The van der Waals surface area contributed by atoms with Crippen molar-refractivity contribution in [1.29, 1.82) is 0 Å². The van der Waals surface area contributed by atoms with Crippen molar-refractivity contribution >= 4 is 22.9 Å². The van der Waals surface area contributed by atoms with E-state index in [1.807, 2.05) is 49.4 Å². The molecule has 28 heavy (non-hydrogen) atoms. The molecule has 1 atom stereocenters. The minimum Gasteiger partial charge on any atom is -0.481 e. The molecule has 3 aromatic rings. The fourth-order valence-electron chi connectivity index (χ4n) is 2.97. The number of ether oxygens (including phenoxy) is 1. The Balaban J connectivity index is 1.66. The minimum atomic E-state index is -0.647. The quantitative estimate of drug-likeness (QED) is 0.477. The van der Waals surface area contributed by atoms with Crippen LogP contribution < -0.4 is 10.2 Å². The van der Waals surface area contributed by atoms with Crippen LogP contribution in [-0.2, 0) is 4.79 Å². The Morgan fingerprint density at radius 2 is 1.79 bits per heavy atom. The number of aryl methyl sites for hydroxylation is 1. The van der Waals surface area contributed by atoms with Gasteiger partial charge in [0.15, 0.2) is 6.10 Å². The zero-order valence-corrected chi connectivity index (χ0v) is 16.8. The molecule has 0 aliphatic heterocycles. The van der Waals surface area contributed by atoms with Crippen LogP contribution in [0.15, 0.2) is 65.8 Å². The Hall–Kier alpha value is -3.14. The van der Waals surface area contributed by atoms with Crippen molar-refractivity contribution in [2.75, 3.05) is 0 Å². The SMILES string of the molecule is Cc1ccc(C(C)C)cc1O[C@H](C)C(=O)NN=Cc1cccc2ccccc12. The van der Waals surface area contributed by atoms with Crippen LogP contribution in [0.3, 0.4) is 0 Å². The van der Waals surface area contributed by atoms with Gasteiger partial charge in [-0.15, -0.1) is 0 Å². The molecule has 4 heteroatoms. The van der Waals surface area contributed by atoms with Crippen molar-refractivity contribution in [2.24, 2.45) is 5.10 Å². The lowest BCUT2D eigenvalue weighted by Crippen LogP contribution is -2.33. The number of amides is 1. The van der Waals surface area contributed by atoms with E-state index in [9.17, 15) is 4.79 Å². The maximum atomic E-state index is 12.4. The summed E-state index contributed by atoms with van der Waals surface area (Å²) < 4.78 is 5.88. The van der Waals surface area contributed by atoms with E-state index in [0.717, 1.165) is 27.6 Å². The van der Waals surface area contributed by atoms with Gasteiger partial charge in [0.1, 0.15) is 5.75 Å². The first-order valence-corrected chi connectivity index (χ1v) is 9.53. The zero-order chi connectivity index (χ0) is 20.1. The number of rotatable bonds is 6. The predicted octanol–water partition coefficient (Wildman–Crippen LogP) is 5.19. The second-order valence-electron chi connectivity index (χ2n) is 7.24. The maximum absolute atomic E-state index is 12.4. The molecule has 1 amide bonds. The number of hydrogen-bond donors (Lipinski definition) is 1. The molecule has 0 aliphatic carbocycles. The van der Waals surface area contributed by atoms with Crippen LogP contribution in [0.5, 0.6) is 5.75 Å². The topological polar surface area (TPSA) is 50.7 Å². The van der Waals surface area contributed by atoms with Crippen molar-refractivity contribution in [3.63, 3.8) is 0 Å². The standard InChI is InChI=1S/C24H26N2O2/c1-16(2)20-13-12-17(3)23(14-20)28-18(4)24(27)26-25-15-21-10-7-9-19-8-5-6-11-22(19)21/h5-16,18H,1-4H3,(H,26,27)/t18-/m1/s1. The van der Waals surface area contributed by atoms with Crippen molar-refractivity contribution in [1.82, 2.24) is 5.43 Å². The molecule has 0 saturated carbocycles. The third-order valence-electron chi connectivity index (χ3n) is 4.75. The highest BCUT2D eigenvalue weighted by molar-refractivity contribution is 6.00. The average Bonchev–Trinajstić information content (AvgIpc) is 2.69. The summed E-state index contributed by atoms with van der Waals surface area (Å²) in [5.74, 6) is 0.843. The second-order valence-corrected chi connectivity index (χ2v) is 7.24. The molecule has 0 bridgehead atoms. The Bertz CT molecular complexity index is 1000. The van der Waals surface area contributed by atoms with Crippen molar-refractivity contribution in [2.45, 2.75) is 39.7 Å². The van der Waals surface area contributed by atoms with Gasteiger partial charge in [-0.25, -0.2) is 5.43 Å². The number of nitrogens with zero attached hydrogens (tertiary/aromatic N) is 1. The van der Waals surface area contributed by atoms with Crippen LogP contribution in [-0.4, -0.2) is 18.2 Å². The number of nitrogens with one attached hydrogen (secondary N) is 1. The Kier molecular flexibility index (Phi) is 6.09. The third kappa shape index (κ3) is 4.58. The lowest BCUT2D eigenvalue weighted by molar-refractivity contribution is -0.127. The van der Waals surface area contributed by atoms with E-state index >= 15 is 0 Å². The molecule has 0 saturated heterocycles. The molecule has 0 unspecified atom stereocenters. The molecule has 0 fully saturated rings. The monoisotopic (exact) mass is 374 g/mol. The van der Waals surface area contributed by atoms with Crippen LogP contribution in [0, 0.1) is 6.92 Å². The third-order valence-corrected chi connectivity index (χ3v) is 4.75. The van der Waals surface area contributed by atoms with E-state index in [-0.39, 0.29) is 5.91 Å². The molecule has 0 radical (unpaired) electrons. The summed E-state index contributed by atoms with van der Waals surface area (Å²) in [4.78, 5) is 12.4. The van der Waals surface area contributed by atoms with E-state index in [1.54, 1.807) is 13.1 Å². The van der Waals surface area contributed by atoms with Gasteiger partial charge in [0.2, 0.25) is 0 Å². The first kappa shape index (κ1) is 19.6. The smallest absolute Gasteiger partial charge is 0.280 e. The second kappa shape index (κ2) is 8.70. The summed E-state index contributed by atoms with van der Waals surface area (Å²) in [6.07, 6.45) is 1.02. The highest BCUT2D eigenvalue weighted by Gasteiger charge is 2.16. The normalized spacial score (nSPS) is 12.5. The summed E-state index contributed by atoms with van der Waals surface area (Å²) in [7, 11) is 0. The molecule has 0 aliphatic rings. The van der Waals surface area contributed by atoms with Crippen LogP contribution in [0.2, 0.25) is 0 Å². The van der Waals surface area contributed by atoms with Crippen LogP contribution in [0.1, 0.15) is 43.4 Å². The van der Waals surface area contributed by atoms with Gasteiger partial charge in [0.05, 0.1) is 6.21 Å². The number of carbonyl (C=O) groups is 1. The molecule has 3 rings (SSSR count). The number of hydrogen-bond acceptors (Lipinski definition) is 3. The number of benzene rings is 3. The molecule has 0 heterocycles. The molecule has 3 aromatic carbocycles. The summed E-state index contributed by atoms with van der Waals surface area (Å²) >= 11 is 0. The van der Waals surface area contributed by atoms with Gasteiger partial charge in [0, 0.05) is 5.56 Å². The van der Waals surface area contributed by atoms with Crippen molar-refractivity contribution in [3.05, 3.63) is 77.4 Å². The molecular formula is C24H26N2O2. The van der Waals surface area contributed by atoms with E-state index in [1.165, 1.54) is 5.56 Å².